The molecule has 2 saturated carbocycles. The number of guanidine groups is 1. The van der Waals surface area contributed by atoms with E-state index in [0.717, 1.165) is 49.7 Å². The van der Waals surface area contributed by atoms with E-state index in [0.29, 0.717) is 38.6 Å². The SMILES string of the molecule is Cc1ccc(C[C@H](NC(=O)[C@@H](C)NC(=O)[C@@H]2CCCN2C(=O)[C@@H]2C[C@@H]3CCCC[C@@H]3N2C(=O)C2CCC(N=C(N)N)CC2)C(N)=O)cc1.O=C(O)C(F)(F)F. The number of likely N-dealkylation sites (tertiary alicyclic amines) is 2. The highest BCUT2D eigenvalue weighted by Gasteiger charge is 2.51. The summed E-state index contributed by atoms with van der Waals surface area (Å²) in [6, 6.07) is 4.38. The van der Waals surface area contributed by atoms with Crippen LogP contribution in [0.3, 0.4) is 0 Å². The van der Waals surface area contributed by atoms with Crippen molar-refractivity contribution < 1.29 is 47.0 Å². The third kappa shape index (κ3) is 11.3. The first-order valence-corrected chi connectivity index (χ1v) is 18.8. The van der Waals surface area contributed by atoms with Gasteiger partial charge in [0.25, 0.3) is 0 Å². The molecule has 2 aliphatic heterocycles. The number of rotatable bonds is 10. The number of aryl methyl sites for hydroxylation is 1. The average molecular weight is 779 g/mol. The van der Waals surface area contributed by atoms with E-state index in [1.54, 1.807) is 11.8 Å². The summed E-state index contributed by atoms with van der Waals surface area (Å²) in [7, 11) is 0. The smallest absolute Gasteiger partial charge is 0.475 e. The molecule has 1 aromatic rings. The molecule has 5 amide bonds. The normalized spacial score (nSPS) is 26.0. The number of aliphatic imine (C=N–C) groups is 1. The Morgan fingerprint density at radius 3 is 2.07 bits per heavy atom. The predicted molar refractivity (Wildman–Crippen MR) is 195 cm³/mol. The zero-order valence-corrected chi connectivity index (χ0v) is 31.2. The molecule has 9 N–H and O–H groups in total. The van der Waals surface area contributed by atoms with E-state index in [1.165, 1.54) is 0 Å². The number of carboxylic acids is 1. The van der Waals surface area contributed by atoms with Crippen molar-refractivity contribution in [2.24, 2.45) is 34.0 Å². The van der Waals surface area contributed by atoms with Crippen LogP contribution in [0.2, 0.25) is 0 Å². The van der Waals surface area contributed by atoms with Gasteiger partial charge >= 0.3 is 12.1 Å². The molecule has 2 heterocycles. The van der Waals surface area contributed by atoms with Crippen molar-refractivity contribution in [3.63, 3.8) is 0 Å². The van der Waals surface area contributed by atoms with Gasteiger partial charge in [0.1, 0.15) is 24.2 Å². The van der Waals surface area contributed by atoms with Crippen molar-refractivity contribution in [1.82, 2.24) is 20.4 Å². The van der Waals surface area contributed by atoms with Crippen LogP contribution in [-0.4, -0.2) is 105 Å². The second-order valence-corrected chi connectivity index (χ2v) is 15.0. The number of amides is 5. The first-order valence-electron chi connectivity index (χ1n) is 18.8. The van der Waals surface area contributed by atoms with E-state index in [9.17, 15) is 37.1 Å². The van der Waals surface area contributed by atoms with E-state index in [4.69, 9.17) is 27.1 Å². The van der Waals surface area contributed by atoms with Gasteiger partial charge in [-0.05, 0) is 83.1 Å². The Morgan fingerprint density at radius 2 is 1.49 bits per heavy atom. The summed E-state index contributed by atoms with van der Waals surface area (Å²) in [6.45, 7) is 3.91. The lowest BCUT2D eigenvalue weighted by Gasteiger charge is -2.38. The molecule has 55 heavy (non-hydrogen) atoms. The Labute approximate surface area is 318 Å². The molecule has 1 aromatic carbocycles. The second-order valence-electron chi connectivity index (χ2n) is 15.0. The van der Waals surface area contributed by atoms with Gasteiger partial charge < -0.3 is 42.7 Å². The molecule has 5 rings (SSSR count). The van der Waals surface area contributed by atoms with E-state index in [1.807, 2.05) is 36.1 Å². The van der Waals surface area contributed by atoms with Crippen LogP contribution < -0.4 is 27.8 Å². The molecule has 304 valence electrons. The minimum atomic E-state index is -5.08. The third-order valence-corrected chi connectivity index (χ3v) is 11.1. The zero-order chi connectivity index (χ0) is 40.6. The lowest BCUT2D eigenvalue weighted by molar-refractivity contribution is -0.192. The molecule has 6 atom stereocenters. The highest BCUT2D eigenvalue weighted by atomic mass is 19.4. The van der Waals surface area contributed by atoms with E-state index in [2.05, 4.69) is 15.6 Å². The number of alkyl halides is 3. The summed E-state index contributed by atoms with van der Waals surface area (Å²) in [6.07, 6.45) is 3.64. The summed E-state index contributed by atoms with van der Waals surface area (Å²) in [4.78, 5) is 83.9. The number of benzene rings is 1. The van der Waals surface area contributed by atoms with Gasteiger partial charge in [0.2, 0.25) is 29.5 Å². The number of aliphatic carboxylic acids is 1. The van der Waals surface area contributed by atoms with Crippen molar-refractivity contribution in [3.8, 4) is 0 Å². The van der Waals surface area contributed by atoms with E-state index < -0.39 is 54.0 Å². The molecule has 18 heteroatoms. The zero-order valence-electron chi connectivity index (χ0n) is 31.2. The van der Waals surface area contributed by atoms with Gasteiger partial charge in [0.15, 0.2) is 5.96 Å². The highest BCUT2D eigenvalue weighted by molar-refractivity contribution is 5.96. The second kappa shape index (κ2) is 18.6. The Kier molecular flexibility index (Phi) is 14.5. The molecule has 4 aliphatic rings. The fourth-order valence-corrected chi connectivity index (χ4v) is 8.22. The predicted octanol–water partition coefficient (Wildman–Crippen LogP) is 1.63. The van der Waals surface area contributed by atoms with Gasteiger partial charge in [-0.1, -0.05) is 42.7 Å². The summed E-state index contributed by atoms with van der Waals surface area (Å²) in [5.74, 6) is -4.40. The van der Waals surface area contributed by atoms with E-state index >= 15 is 0 Å². The van der Waals surface area contributed by atoms with Gasteiger partial charge in [0.05, 0.1) is 6.04 Å². The van der Waals surface area contributed by atoms with Gasteiger partial charge in [-0.3, -0.25) is 29.0 Å². The number of carbonyl (C=O) groups excluding carboxylic acids is 5. The number of carbonyl (C=O) groups is 6. The monoisotopic (exact) mass is 778 g/mol. The molecule has 0 bridgehead atoms. The molecule has 2 saturated heterocycles. The summed E-state index contributed by atoms with van der Waals surface area (Å²) >= 11 is 0. The molecular weight excluding hydrogens is 725 g/mol. The van der Waals surface area contributed by atoms with Gasteiger partial charge in [-0.2, -0.15) is 13.2 Å². The number of nitrogens with one attached hydrogen (secondary N) is 2. The lowest BCUT2D eigenvalue weighted by Crippen LogP contribution is -2.57. The first-order chi connectivity index (χ1) is 25.9. The molecule has 0 unspecified atom stereocenters. The Morgan fingerprint density at radius 1 is 0.873 bits per heavy atom. The maximum absolute atomic E-state index is 14.3. The largest absolute Gasteiger partial charge is 0.490 e. The lowest BCUT2D eigenvalue weighted by atomic mass is 9.83. The third-order valence-electron chi connectivity index (χ3n) is 11.1. The molecular formula is C37H53F3N8O7. The van der Waals surface area contributed by atoms with Crippen LogP contribution in [0.5, 0.6) is 0 Å². The number of hydrogen-bond acceptors (Lipinski definition) is 7. The minimum Gasteiger partial charge on any atom is -0.475 e. The summed E-state index contributed by atoms with van der Waals surface area (Å²) < 4.78 is 31.7. The molecule has 15 nitrogen and oxygen atoms in total. The maximum Gasteiger partial charge on any atom is 0.490 e. The van der Waals surface area contributed by atoms with Crippen LogP contribution >= 0.6 is 0 Å². The number of halogens is 3. The van der Waals surface area contributed by atoms with Gasteiger partial charge in [-0.25, -0.2) is 4.79 Å². The quantitative estimate of drug-likeness (QED) is 0.149. The Balaban J connectivity index is 0.000000876. The van der Waals surface area contributed by atoms with Crippen molar-refractivity contribution >= 4 is 41.5 Å². The van der Waals surface area contributed by atoms with Crippen molar-refractivity contribution in [1.29, 1.82) is 0 Å². The van der Waals surface area contributed by atoms with Crippen LogP contribution in [0, 0.1) is 18.8 Å². The number of carboxylic acid groups (broad SMARTS) is 1. The van der Waals surface area contributed by atoms with Crippen molar-refractivity contribution in [2.45, 2.75) is 133 Å². The van der Waals surface area contributed by atoms with Crippen LogP contribution in [-0.2, 0) is 35.2 Å². The standard InChI is InChI=1S/C35H52N8O5.C2HF3O2/c1-20-9-11-22(12-10-20)18-26(30(36)44)41-31(45)21(2)39-32(46)28-8-5-17-42(28)34(48)29-19-24-6-3-4-7-27(24)43(29)33(47)23-13-15-25(16-14-23)40-35(37)38;3-2(4,5)1(6)7/h9-12,21,23-29H,3-8,13-19H2,1-2H3,(H2,36,44)(H,39,46)(H,41,45)(H4,37,38,40);(H,6,7)/t21-,23?,24+,25?,26+,27+,28+,29+;/m1./s1. The fourth-order valence-electron chi connectivity index (χ4n) is 8.22. The number of nitrogens with zero attached hydrogens (tertiary/aromatic N) is 3. The Bertz CT molecular complexity index is 1600. The molecule has 0 aromatic heterocycles. The van der Waals surface area contributed by atoms with Crippen LogP contribution in [0.15, 0.2) is 29.3 Å². The van der Waals surface area contributed by atoms with Gasteiger partial charge in [-0.15, -0.1) is 0 Å². The molecule has 0 spiro atoms. The van der Waals surface area contributed by atoms with Gasteiger partial charge in [0, 0.05) is 24.9 Å². The van der Waals surface area contributed by atoms with Crippen LogP contribution in [0.1, 0.15) is 88.7 Å². The maximum atomic E-state index is 14.3. The molecule has 0 radical (unpaired) electrons. The molecule has 2 aliphatic carbocycles. The molecule has 4 fully saturated rings. The topological polar surface area (TPSA) is 244 Å². The van der Waals surface area contributed by atoms with Crippen molar-refractivity contribution in [2.75, 3.05) is 6.54 Å². The number of fused-ring (bicyclic) bond motifs is 1. The first kappa shape index (κ1) is 42.8. The van der Waals surface area contributed by atoms with Crippen LogP contribution in [0.25, 0.3) is 0 Å². The minimum absolute atomic E-state index is 0.0145. The number of nitrogens with two attached hydrogens (primary N) is 3. The summed E-state index contributed by atoms with van der Waals surface area (Å²) in [5, 5.41) is 12.6. The van der Waals surface area contributed by atoms with E-state index in [-0.39, 0.29) is 48.1 Å². The average Bonchev–Trinajstić information content (AvgIpc) is 3.77. The van der Waals surface area contributed by atoms with Crippen molar-refractivity contribution in [3.05, 3.63) is 35.4 Å². The number of primary amides is 1. The fraction of sp³-hybridized carbons (Fsp3) is 0.649. The number of hydrogen-bond donors (Lipinski definition) is 6. The Hall–Kier alpha value is -4.90. The van der Waals surface area contributed by atoms with Crippen LogP contribution in [0.4, 0.5) is 13.2 Å². The summed E-state index contributed by atoms with van der Waals surface area (Å²) in [5.41, 5.74) is 18.7. The highest BCUT2D eigenvalue weighted by Crippen LogP contribution is 2.43.